The molecule has 1 aromatic rings. The molecule has 1 saturated heterocycles. The van der Waals surface area contributed by atoms with Gasteiger partial charge in [0.15, 0.2) is 17.4 Å². The summed E-state index contributed by atoms with van der Waals surface area (Å²) in [7, 11) is 0. The van der Waals surface area contributed by atoms with Gasteiger partial charge in [-0.1, -0.05) is 0 Å². The lowest BCUT2D eigenvalue weighted by Gasteiger charge is -2.23. The second-order valence-corrected chi connectivity index (χ2v) is 5.03. The van der Waals surface area contributed by atoms with Crippen LogP contribution in [0.1, 0.15) is 25.3 Å². The van der Waals surface area contributed by atoms with E-state index in [4.69, 9.17) is 15.2 Å². The molecule has 2 atom stereocenters. The van der Waals surface area contributed by atoms with Gasteiger partial charge >= 0.3 is 0 Å². The summed E-state index contributed by atoms with van der Waals surface area (Å²) in [5.41, 5.74) is 6.16. The van der Waals surface area contributed by atoms with Gasteiger partial charge in [-0.15, -0.1) is 0 Å². The maximum absolute atomic E-state index is 13.9. The molecule has 2 N–H and O–H groups in total. The molecule has 3 nitrogen and oxygen atoms in total. The summed E-state index contributed by atoms with van der Waals surface area (Å²) >= 11 is 0. The van der Waals surface area contributed by atoms with Gasteiger partial charge < -0.3 is 15.2 Å². The molecule has 1 aliphatic rings. The Balaban J connectivity index is 2.11. The Bertz CT molecular complexity index is 408. The van der Waals surface area contributed by atoms with E-state index in [1.165, 1.54) is 12.1 Å². The largest absolute Gasteiger partial charge is 0.482 e. The van der Waals surface area contributed by atoms with Gasteiger partial charge in [0.05, 0.1) is 6.61 Å². The van der Waals surface area contributed by atoms with Crippen molar-refractivity contribution in [2.45, 2.75) is 38.3 Å². The summed E-state index contributed by atoms with van der Waals surface area (Å²) in [4.78, 5) is 0. The molecule has 0 radical (unpaired) electrons. The van der Waals surface area contributed by atoms with Gasteiger partial charge in [0.1, 0.15) is 6.10 Å². The van der Waals surface area contributed by atoms with E-state index in [0.29, 0.717) is 25.2 Å². The number of hydrogen-bond donors (Lipinski definition) is 1. The van der Waals surface area contributed by atoms with Crippen molar-refractivity contribution in [2.75, 3.05) is 13.2 Å². The molecule has 106 valence electrons. The zero-order chi connectivity index (χ0) is 13.8. The van der Waals surface area contributed by atoms with Crippen LogP contribution in [0.3, 0.4) is 0 Å². The third-order valence-electron chi connectivity index (χ3n) is 3.02. The fourth-order valence-electron chi connectivity index (χ4n) is 2.19. The van der Waals surface area contributed by atoms with E-state index in [1.807, 2.05) is 0 Å². The first-order valence-corrected chi connectivity index (χ1v) is 6.54. The number of benzene rings is 1. The molecular formula is C14H19F2NO2. The summed E-state index contributed by atoms with van der Waals surface area (Å²) in [6, 6.07) is 2.43. The molecular weight excluding hydrogens is 252 g/mol. The summed E-state index contributed by atoms with van der Waals surface area (Å²) in [5.74, 6) is -1.67. The van der Waals surface area contributed by atoms with Crippen LogP contribution in [0, 0.1) is 11.6 Å². The van der Waals surface area contributed by atoms with Gasteiger partial charge in [0.2, 0.25) is 0 Å². The topological polar surface area (TPSA) is 44.5 Å². The van der Waals surface area contributed by atoms with Crippen molar-refractivity contribution in [1.29, 1.82) is 0 Å². The molecule has 0 saturated carbocycles. The lowest BCUT2D eigenvalue weighted by Crippen LogP contribution is -2.28. The highest BCUT2D eigenvalue weighted by molar-refractivity contribution is 5.32. The van der Waals surface area contributed by atoms with E-state index in [9.17, 15) is 8.78 Å². The van der Waals surface area contributed by atoms with Gasteiger partial charge in [-0.3, -0.25) is 0 Å². The molecule has 0 spiro atoms. The average Bonchev–Trinajstić information content (AvgIpc) is 2.34. The molecule has 1 heterocycles. The van der Waals surface area contributed by atoms with Crippen molar-refractivity contribution in [1.82, 2.24) is 0 Å². The van der Waals surface area contributed by atoms with Gasteiger partial charge in [-0.05, 0) is 43.9 Å². The molecule has 0 bridgehead atoms. The zero-order valence-corrected chi connectivity index (χ0v) is 11.0. The van der Waals surface area contributed by atoms with Gasteiger partial charge in [-0.25, -0.2) is 8.78 Å². The van der Waals surface area contributed by atoms with Gasteiger partial charge in [0, 0.05) is 12.6 Å². The monoisotopic (exact) mass is 271 g/mol. The van der Waals surface area contributed by atoms with E-state index in [0.717, 1.165) is 12.8 Å². The van der Waals surface area contributed by atoms with Crippen LogP contribution >= 0.6 is 0 Å². The molecule has 0 amide bonds. The standard InChI is InChI=1S/C14H19F2NO2/c1-9(17)5-10-6-12(15)14(13(16)7-10)19-11-3-2-4-18-8-11/h6-7,9,11H,2-5,8,17H2,1H3. The Morgan fingerprint density at radius 1 is 1.42 bits per heavy atom. The van der Waals surface area contributed by atoms with Crippen molar-refractivity contribution >= 4 is 0 Å². The van der Waals surface area contributed by atoms with Crippen LogP contribution in [0.2, 0.25) is 0 Å². The molecule has 2 rings (SSSR count). The van der Waals surface area contributed by atoms with Crippen molar-refractivity contribution in [3.8, 4) is 5.75 Å². The quantitative estimate of drug-likeness (QED) is 0.914. The molecule has 2 unspecified atom stereocenters. The highest BCUT2D eigenvalue weighted by atomic mass is 19.1. The first-order valence-electron chi connectivity index (χ1n) is 6.54. The summed E-state index contributed by atoms with van der Waals surface area (Å²) in [6.45, 7) is 2.85. The second-order valence-electron chi connectivity index (χ2n) is 5.03. The number of rotatable bonds is 4. The fourth-order valence-corrected chi connectivity index (χ4v) is 2.19. The Labute approximate surface area is 111 Å². The van der Waals surface area contributed by atoms with E-state index in [2.05, 4.69) is 0 Å². The van der Waals surface area contributed by atoms with Crippen molar-refractivity contribution in [2.24, 2.45) is 5.73 Å². The molecule has 19 heavy (non-hydrogen) atoms. The molecule has 0 aromatic heterocycles. The van der Waals surface area contributed by atoms with E-state index < -0.39 is 11.6 Å². The summed E-state index contributed by atoms with van der Waals surface area (Å²) in [6.07, 6.45) is 1.75. The Hall–Kier alpha value is -1.20. The van der Waals surface area contributed by atoms with Gasteiger partial charge in [-0.2, -0.15) is 0 Å². The Morgan fingerprint density at radius 3 is 2.63 bits per heavy atom. The van der Waals surface area contributed by atoms with E-state index in [-0.39, 0.29) is 17.9 Å². The Kier molecular flexibility index (Phi) is 4.71. The smallest absolute Gasteiger partial charge is 0.191 e. The summed E-state index contributed by atoms with van der Waals surface area (Å²) in [5, 5.41) is 0. The lowest BCUT2D eigenvalue weighted by molar-refractivity contribution is 0.00418. The van der Waals surface area contributed by atoms with Crippen LogP contribution in [-0.4, -0.2) is 25.4 Å². The van der Waals surface area contributed by atoms with E-state index in [1.54, 1.807) is 6.92 Å². The number of nitrogens with two attached hydrogens (primary N) is 1. The molecule has 0 aliphatic carbocycles. The van der Waals surface area contributed by atoms with Crippen LogP contribution in [-0.2, 0) is 11.2 Å². The van der Waals surface area contributed by atoms with Crippen LogP contribution in [0.4, 0.5) is 8.78 Å². The van der Waals surface area contributed by atoms with Crippen molar-refractivity contribution in [3.05, 3.63) is 29.3 Å². The molecule has 1 aromatic carbocycles. The second kappa shape index (κ2) is 6.30. The highest BCUT2D eigenvalue weighted by Crippen LogP contribution is 2.26. The lowest BCUT2D eigenvalue weighted by atomic mass is 10.1. The van der Waals surface area contributed by atoms with Crippen LogP contribution in [0.25, 0.3) is 0 Å². The highest BCUT2D eigenvalue weighted by Gasteiger charge is 2.20. The Morgan fingerprint density at radius 2 is 2.11 bits per heavy atom. The first kappa shape index (κ1) is 14.2. The number of hydrogen-bond acceptors (Lipinski definition) is 3. The summed E-state index contributed by atoms with van der Waals surface area (Å²) < 4.78 is 38.3. The van der Waals surface area contributed by atoms with Gasteiger partial charge in [0.25, 0.3) is 0 Å². The third-order valence-corrected chi connectivity index (χ3v) is 3.02. The van der Waals surface area contributed by atoms with Crippen LogP contribution in [0.5, 0.6) is 5.75 Å². The first-order chi connectivity index (χ1) is 9.06. The maximum atomic E-state index is 13.9. The molecule has 1 fully saturated rings. The number of ether oxygens (including phenoxy) is 2. The van der Waals surface area contributed by atoms with Crippen molar-refractivity contribution < 1.29 is 18.3 Å². The maximum Gasteiger partial charge on any atom is 0.191 e. The minimum atomic E-state index is -0.679. The van der Waals surface area contributed by atoms with E-state index >= 15 is 0 Å². The molecule has 5 heteroatoms. The number of halogens is 2. The minimum Gasteiger partial charge on any atom is -0.482 e. The third kappa shape index (κ3) is 3.88. The average molecular weight is 271 g/mol. The van der Waals surface area contributed by atoms with Crippen LogP contribution in [0.15, 0.2) is 12.1 Å². The normalized spacial score (nSPS) is 21.2. The van der Waals surface area contributed by atoms with Crippen LogP contribution < -0.4 is 10.5 Å². The minimum absolute atomic E-state index is 0.141. The van der Waals surface area contributed by atoms with Crippen molar-refractivity contribution in [3.63, 3.8) is 0 Å². The molecule has 1 aliphatic heterocycles. The predicted molar refractivity (Wildman–Crippen MR) is 68.2 cm³/mol. The predicted octanol–water partition coefficient (Wildman–Crippen LogP) is 2.41. The zero-order valence-electron chi connectivity index (χ0n) is 11.0. The SMILES string of the molecule is CC(N)Cc1cc(F)c(OC2CCCOC2)c(F)c1. The fraction of sp³-hybridized carbons (Fsp3) is 0.571.